The summed E-state index contributed by atoms with van der Waals surface area (Å²) in [7, 11) is 3.27. The number of hydrogen-bond donors (Lipinski definition) is 1. The molecule has 1 aromatic rings. The van der Waals surface area contributed by atoms with Gasteiger partial charge in [-0.3, -0.25) is 0 Å². The van der Waals surface area contributed by atoms with Crippen molar-refractivity contribution in [1.82, 2.24) is 0 Å². The fourth-order valence-electron chi connectivity index (χ4n) is 2.33. The van der Waals surface area contributed by atoms with Gasteiger partial charge in [0, 0.05) is 24.2 Å². The Labute approximate surface area is 108 Å². The van der Waals surface area contributed by atoms with Crippen LogP contribution < -0.4 is 19.9 Å². The molecule has 100 valence electrons. The number of methoxy groups -OCH3 is 2. The predicted molar refractivity (Wildman–Crippen MR) is 70.4 cm³/mol. The molecule has 1 aliphatic carbocycles. The Hall–Kier alpha value is -1.42. The van der Waals surface area contributed by atoms with E-state index in [0.29, 0.717) is 0 Å². The number of rotatable bonds is 4. The maximum Gasteiger partial charge on any atom is 0.127 e. The highest BCUT2D eigenvalue weighted by Gasteiger charge is 2.20. The first-order valence-electron chi connectivity index (χ1n) is 6.36. The second kappa shape index (κ2) is 5.96. The van der Waals surface area contributed by atoms with Gasteiger partial charge in [0.15, 0.2) is 0 Å². The van der Waals surface area contributed by atoms with Crippen LogP contribution in [-0.4, -0.2) is 26.4 Å². The molecule has 18 heavy (non-hydrogen) atoms. The highest BCUT2D eigenvalue weighted by atomic mass is 16.5. The van der Waals surface area contributed by atoms with E-state index in [1.807, 2.05) is 18.2 Å². The summed E-state index contributed by atoms with van der Waals surface area (Å²) < 4.78 is 16.4. The Bertz CT molecular complexity index is 372. The van der Waals surface area contributed by atoms with Gasteiger partial charge in [0.2, 0.25) is 0 Å². The molecule has 0 heterocycles. The zero-order valence-corrected chi connectivity index (χ0v) is 11.0. The van der Waals surface area contributed by atoms with Crippen LogP contribution in [0.4, 0.5) is 0 Å². The molecular weight excluding hydrogens is 230 g/mol. The van der Waals surface area contributed by atoms with Crippen LogP contribution in [0.5, 0.6) is 17.2 Å². The van der Waals surface area contributed by atoms with Gasteiger partial charge in [-0.15, -0.1) is 0 Å². The van der Waals surface area contributed by atoms with E-state index >= 15 is 0 Å². The first-order valence-corrected chi connectivity index (χ1v) is 6.36. The quantitative estimate of drug-likeness (QED) is 0.892. The van der Waals surface area contributed by atoms with E-state index in [1.165, 1.54) is 0 Å². The van der Waals surface area contributed by atoms with E-state index < -0.39 is 0 Å². The van der Waals surface area contributed by atoms with Crippen molar-refractivity contribution in [2.75, 3.05) is 14.2 Å². The summed E-state index contributed by atoms with van der Waals surface area (Å²) in [6, 6.07) is 5.85. The van der Waals surface area contributed by atoms with E-state index in [4.69, 9.17) is 19.9 Å². The fourth-order valence-corrected chi connectivity index (χ4v) is 2.33. The second-order valence-electron chi connectivity index (χ2n) is 4.71. The van der Waals surface area contributed by atoms with Crippen molar-refractivity contribution in [3.05, 3.63) is 18.2 Å². The van der Waals surface area contributed by atoms with E-state index in [1.54, 1.807) is 14.2 Å². The number of hydrogen-bond acceptors (Lipinski definition) is 4. The van der Waals surface area contributed by atoms with Gasteiger partial charge in [-0.25, -0.2) is 0 Å². The van der Waals surface area contributed by atoms with E-state index in [0.717, 1.165) is 42.9 Å². The zero-order chi connectivity index (χ0) is 13.0. The molecule has 0 saturated heterocycles. The van der Waals surface area contributed by atoms with Crippen molar-refractivity contribution < 1.29 is 14.2 Å². The molecule has 0 bridgehead atoms. The minimum atomic E-state index is 0.200. The van der Waals surface area contributed by atoms with Crippen LogP contribution in [0.15, 0.2) is 18.2 Å². The van der Waals surface area contributed by atoms with Gasteiger partial charge < -0.3 is 19.9 Å². The van der Waals surface area contributed by atoms with Crippen LogP contribution in [0.25, 0.3) is 0 Å². The lowest BCUT2D eigenvalue weighted by Crippen LogP contribution is -2.33. The standard InChI is InChI=1S/C14H21NO3/c1-16-12-7-13(17-2)9-14(8-12)18-11-5-3-4-10(15)6-11/h7-11H,3-6,15H2,1-2H3. The van der Waals surface area contributed by atoms with Crippen molar-refractivity contribution in [3.8, 4) is 17.2 Å². The van der Waals surface area contributed by atoms with Crippen molar-refractivity contribution in [2.45, 2.75) is 37.8 Å². The summed E-state index contributed by atoms with van der Waals surface area (Å²) in [5.74, 6) is 2.26. The molecule has 2 rings (SSSR count). The first-order chi connectivity index (χ1) is 8.71. The molecule has 0 spiro atoms. The number of benzene rings is 1. The molecule has 4 heteroatoms. The van der Waals surface area contributed by atoms with Crippen LogP contribution in [0.1, 0.15) is 25.7 Å². The minimum Gasteiger partial charge on any atom is -0.496 e. The summed E-state index contributed by atoms with van der Waals surface area (Å²) >= 11 is 0. The first kappa shape index (κ1) is 13.0. The van der Waals surface area contributed by atoms with Crippen LogP contribution in [0.3, 0.4) is 0 Å². The summed E-state index contributed by atoms with van der Waals surface area (Å²) in [5, 5.41) is 0. The average Bonchev–Trinajstić information content (AvgIpc) is 2.38. The van der Waals surface area contributed by atoms with E-state index in [2.05, 4.69) is 0 Å². The van der Waals surface area contributed by atoms with Crippen molar-refractivity contribution in [1.29, 1.82) is 0 Å². The minimum absolute atomic E-state index is 0.200. The topological polar surface area (TPSA) is 53.7 Å². The summed E-state index contributed by atoms with van der Waals surface area (Å²) in [5.41, 5.74) is 5.96. The SMILES string of the molecule is COc1cc(OC)cc(OC2CCCC(N)C2)c1. The molecule has 0 radical (unpaired) electrons. The molecule has 4 nitrogen and oxygen atoms in total. The van der Waals surface area contributed by atoms with E-state index in [9.17, 15) is 0 Å². The molecule has 0 aliphatic heterocycles. The zero-order valence-electron chi connectivity index (χ0n) is 11.0. The average molecular weight is 251 g/mol. The highest BCUT2D eigenvalue weighted by Crippen LogP contribution is 2.30. The number of nitrogens with two attached hydrogens (primary N) is 1. The van der Waals surface area contributed by atoms with Crippen LogP contribution in [-0.2, 0) is 0 Å². The van der Waals surface area contributed by atoms with Crippen LogP contribution >= 0.6 is 0 Å². The maximum atomic E-state index is 5.97. The van der Waals surface area contributed by atoms with Crippen molar-refractivity contribution in [2.24, 2.45) is 5.73 Å². The van der Waals surface area contributed by atoms with Gasteiger partial charge in [0.25, 0.3) is 0 Å². The van der Waals surface area contributed by atoms with Crippen molar-refractivity contribution >= 4 is 0 Å². The van der Waals surface area contributed by atoms with Gasteiger partial charge >= 0.3 is 0 Å². The molecule has 1 aliphatic rings. The third-order valence-electron chi connectivity index (χ3n) is 3.29. The molecule has 0 amide bonds. The molecule has 2 N–H and O–H groups in total. The lowest BCUT2D eigenvalue weighted by Gasteiger charge is -2.27. The van der Waals surface area contributed by atoms with Gasteiger partial charge in [-0.05, 0) is 25.7 Å². The molecule has 1 fully saturated rings. The maximum absolute atomic E-state index is 5.97. The normalized spacial score (nSPS) is 23.5. The Morgan fingerprint density at radius 2 is 1.61 bits per heavy atom. The third-order valence-corrected chi connectivity index (χ3v) is 3.29. The van der Waals surface area contributed by atoms with Gasteiger partial charge in [-0.2, -0.15) is 0 Å². The Kier molecular flexibility index (Phi) is 4.31. The molecule has 2 atom stereocenters. The monoisotopic (exact) mass is 251 g/mol. The molecule has 2 unspecified atom stereocenters. The highest BCUT2D eigenvalue weighted by molar-refractivity contribution is 5.42. The predicted octanol–water partition coefficient (Wildman–Crippen LogP) is 2.35. The van der Waals surface area contributed by atoms with E-state index in [-0.39, 0.29) is 12.1 Å². The van der Waals surface area contributed by atoms with Crippen LogP contribution in [0, 0.1) is 0 Å². The smallest absolute Gasteiger partial charge is 0.127 e. The van der Waals surface area contributed by atoms with Gasteiger partial charge in [-0.1, -0.05) is 0 Å². The lowest BCUT2D eigenvalue weighted by molar-refractivity contribution is 0.143. The molecule has 0 aromatic heterocycles. The van der Waals surface area contributed by atoms with Crippen LogP contribution in [0.2, 0.25) is 0 Å². The molecule has 1 aromatic carbocycles. The fraction of sp³-hybridized carbons (Fsp3) is 0.571. The second-order valence-corrected chi connectivity index (χ2v) is 4.71. The van der Waals surface area contributed by atoms with Crippen molar-refractivity contribution in [3.63, 3.8) is 0 Å². The summed E-state index contributed by atoms with van der Waals surface area (Å²) in [6.07, 6.45) is 4.41. The largest absolute Gasteiger partial charge is 0.496 e. The Morgan fingerprint density at radius 3 is 2.17 bits per heavy atom. The number of ether oxygens (including phenoxy) is 3. The Balaban J connectivity index is 2.07. The Morgan fingerprint density at radius 1 is 1.00 bits per heavy atom. The third kappa shape index (κ3) is 3.29. The van der Waals surface area contributed by atoms with Gasteiger partial charge in [0.1, 0.15) is 23.4 Å². The molecular formula is C14H21NO3. The summed E-state index contributed by atoms with van der Waals surface area (Å²) in [4.78, 5) is 0. The molecule has 1 saturated carbocycles. The van der Waals surface area contributed by atoms with Gasteiger partial charge in [0.05, 0.1) is 14.2 Å². The lowest BCUT2D eigenvalue weighted by atomic mass is 9.93. The summed E-state index contributed by atoms with van der Waals surface area (Å²) in [6.45, 7) is 0.